The van der Waals surface area contributed by atoms with E-state index < -0.39 is 40.9 Å². The zero-order valence-corrected chi connectivity index (χ0v) is 22.0. The number of carbonyl (C=O) groups excluding carboxylic acids is 3. The largest absolute Gasteiger partial charge is 0.458 e. The summed E-state index contributed by atoms with van der Waals surface area (Å²) in [7, 11) is 0. The number of Topliss-reactive ketones (excluding diaryl/α,β-unsaturated/α-hetero) is 1. The Bertz CT molecular complexity index is 905. The molecule has 8 atom stereocenters. The van der Waals surface area contributed by atoms with Crippen molar-refractivity contribution in [2.45, 2.75) is 78.9 Å². The average Bonchev–Trinajstić information content (AvgIpc) is 3.05. The number of allylic oxidation sites excluding steroid dienone is 4. The Labute approximate surface area is 208 Å². The van der Waals surface area contributed by atoms with Gasteiger partial charge < -0.3 is 19.7 Å². The number of esters is 1. The molecular weight excluding hydrogens is 448 g/mol. The fourth-order valence-electron chi connectivity index (χ4n) is 7.70. The lowest BCUT2D eigenvalue weighted by Crippen LogP contribution is -2.62. The van der Waals surface area contributed by atoms with Crippen LogP contribution in [-0.4, -0.2) is 59.3 Å². The number of aliphatic hydroxyl groups excluding tert-OH is 1. The van der Waals surface area contributed by atoms with Crippen LogP contribution in [0.1, 0.15) is 67.2 Å². The molecule has 196 valence electrons. The second-order valence-electron chi connectivity index (χ2n) is 11.1. The maximum absolute atomic E-state index is 12.9. The third-order valence-corrected chi connectivity index (χ3v) is 9.24. The second kappa shape index (κ2) is 10.3. The summed E-state index contributed by atoms with van der Waals surface area (Å²) < 4.78 is 9.73. The van der Waals surface area contributed by atoms with Gasteiger partial charge in [-0.15, -0.1) is 0 Å². The molecule has 4 aliphatic carbocycles. The standard InChI is InChI=1S/C24H32O6.C4H10O/c1-13-9-16-17-6-8-24(29,20(28)12-30-14(2)25)23(17,4)11-19(27)21(16)22(3)7-5-15(26)10-18(13)22;1-3-5-4-2/h5,7,10,13,16-17,19,21,27,29H,6,8-9,11-12H2,1-4H3;3-4H2,1-2H3/t13-,16-,17-,19-,21+,22-,23-,24-;/m0./s1. The molecule has 4 rings (SSSR count). The number of aliphatic hydroxyl groups is 2. The monoisotopic (exact) mass is 490 g/mol. The molecule has 0 heterocycles. The van der Waals surface area contributed by atoms with Crippen molar-refractivity contribution in [2.24, 2.45) is 34.5 Å². The zero-order valence-electron chi connectivity index (χ0n) is 22.0. The van der Waals surface area contributed by atoms with E-state index in [-0.39, 0.29) is 29.5 Å². The van der Waals surface area contributed by atoms with E-state index in [1.165, 1.54) is 6.92 Å². The molecule has 0 amide bonds. The van der Waals surface area contributed by atoms with Gasteiger partial charge in [-0.1, -0.05) is 32.4 Å². The second-order valence-corrected chi connectivity index (χ2v) is 11.1. The van der Waals surface area contributed by atoms with E-state index in [1.54, 1.807) is 12.2 Å². The van der Waals surface area contributed by atoms with Crippen molar-refractivity contribution in [1.29, 1.82) is 0 Å². The highest BCUT2D eigenvalue weighted by atomic mass is 16.5. The third-order valence-electron chi connectivity index (χ3n) is 9.24. The molecule has 7 heteroatoms. The van der Waals surface area contributed by atoms with Crippen LogP contribution in [-0.2, 0) is 23.9 Å². The highest BCUT2D eigenvalue weighted by Gasteiger charge is 2.68. The Hall–Kier alpha value is -1.83. The van der Waals surface area contributed by atoms with Gasteiger partial charge in [0.1, 0.15) is 5.60 Å². The maximum Gasteiger partial charge on any atom is 0.303 e. The van der Waals surface area contributed by atoms with E-state index in [0.717, 1.165) is 25.2 Å². The molecule has 0 radical (unpaired) electrons. The summed E-state index contributed by atoms with van der Waals surface area (Å²) in [6.07, 6.45) is 6.71. The minimum atomic E-state index is -1.61. The Kier molecular flexibility index (Phi) is 8.14. The highest BCUT2D eigenvalue weighted by Crippen LogP contribution is 2.67. The minimum Gasteiger partial charge on any atom is -0.458 e. The molecule has 0 aromatic rings. The SMILES string of the molecule is CC(=O)OCC(=O)[C@@]1(O)CC[C@H]2[C@@H]3C[C@H](C)C4=CC(=O)C=C[C@]4(C)[C@H]3[C@@H](O)C[C@@]21C.CCOCC. The summed E-state index contributed by atoms with van der Waals surface area (Å²) in [6.45, 7) is 12.6. The summed E-state index contributed by atoms with van der Waals surface area (Å²) in [5, 5.41) is 22.9. The van der Waals surface area contributed by atoms with E-state index >= 15 is 0 Å². The summed E-state index contributed by atoms with van der Waals surface area (Å²) in [5.41, 5.74) is -1.72. The van der Waals surface area contributed by atoms with Gasteiger partial charge in [-0.3, -0.25) is 14.4 Å². The fraction of sp³-hybridized carbons (Fsp3) is 0.750. The molecular formula is C28H42O7. The van der Waals surface area contributed by atoms with Gasteiger partial charge >= 0.3 is 5.97 Å². The van der Waals surface area contributed by atoms with Crippen molar-refractivity contribution in [1.82, 2.24) is 0 Å². The van der Waals surface area contributed by atoms with Crippen molar-refractivity contribution < 1.29 is 34.1 Å². The van der Waals surface area contributed by atoms with Crippen LogP contribution in [0.4, 0.5) is 0 Å². The van der Waals surface area contributed by atoms with E-state index in [9.17, 15) is 24.6 Å². The lowest BCUT2D eigenvalue weighted by atomic mass is 9.45. The maximum atomic E-state index is 12.9. The first-order chi connectivity index (χ1) is 16.4. The van der Waals surface area contributed by atoms with Crippen molar-refractivity contribution in [3.8, 4) is 0 Å². The van der Waals surface area contributed by atoms with Crippen LogP contribution >= 0.6 is 0 Å². The zero-order chi connectivity index (χ0) is 26.2. The first-order valence-corrected chi connectivity index (χ1v) is 13.0. The quantitative estimate of drug-likeness (QED) is 0.568. The molecule has 0 bridgehead atoms. The normalized spacial score (nSPS) is 41.5. The van der Waals surface area contributed by atoms with Gasteiger partial charge in [0.05, 0.1) is 6.10 Å². The average molecular weight is 491 g/mol. The predicted octanol–water partition coefficient (Wildman–Crippen LogP) is 3.42. The van der Waals surface area contributed by atoms with Gasteiger partial charge in [0, 0.05) is 36.9 Å². The van der Waals surface area contributed by atoms with E-state index in [1.807, 2.05) is 26.8 Å². The lowest BCUT2D eigenvalue weighted by Gasteiger charge is -2.60. The molecule has 3 fully saturated rings. The molecule has 4 aliphatic rings. The summed E-state index contributed by atoms with van der Waals surface area (Å²) in [6, 6.07) is 0. The molecule has 0 aromatic carbocycles. The number of ketones is 2. The van der Waals surface area contributed by atoms with Crippen LogP contribution in [0.3, 0.4) is 0 Å². The van der Waals surface area contributed by atoms with Crippen molar-refractivity contribution >= 4 is 17.5 Å². The van der Waals surface area contributed by atoms with Crippen molar-refractivity contribution in [2.75, 3.05) is 19.8 Å². The van der Waals surface area contributed by atoms with Gasteiger partial charge in [0.15, 0.2) is 12.4 Å². The Morgan fingerprint density at radius 3 is 2.43 bits per heavy atom. The summed E-state index contributed by atoms with van der Waals surface area (Å²) in [5.74, 6) is -0.712. The molecule has 0 unspecified atom stereocenters. The van der Waals surface area contributed by atoms with Crippen LogP contribution in [0.5, 0.6) is 0 Å². The van der Waals surface area contributed by atoms with Gasteiger partial charge in [0.25, 0.3) is 0 Å². The summed E-state index contributed by atoms with van der Waals surface area (Å²) >= 11 is 0. The molecule has 2 N–H and O–H groups in total. The molecule has 3 saturated carbocycles. The fourth-order valence-corrected chi connectivity index (χ4v) is 7.70. The molecule has 35 heavy (non-hydrogen) atoms. The number of hydrogen-bond donors (Lipinski definition) is 2. The van der Waals surface area contributed by atoms with Gasteiger partial charge in [-0.05, 0) is 69.4 Å². The Morgan fingerprint density at radius 1 is 1.20 bits per heavy atom. The van der Waals surface area contributed by atoms with Crippen molar-refractivity contribution in [3.05, 3.63) is 23.8 Å². The van der Waals surface area contributed by atoms with Crippen LogP contribution in [0.2, 0.25) is 0 Å². The van der Waals surface area contributed by atoms with E-state index in [4.69, 9.17) is 9.47 Å². The molecule has 0 aromatic heterocycles. The Balaban J connectivity index is 0.000000623. The van der Waals surface area contributed by atoms with Gasteiger partial charge in [-0.2, -0.15) is 0 Å². The first-order valence-electron chi connectivity index (χ1n) is 13.0. The molecule has 0 aliphatic heterocycles. The molecule has 0 saturated heterocycles. The number of carbonyl (C=O) groups is 3. The van der Waals surface area contributed by atoms with Crippen molar-refractivity contribution in [3.63, 3.8) is 0 Å². The molecule has 7 nitrogen and oxygen atoms in total. The first kappa shape index (κ1) is 27.8. The van der Waals surface area contributed by atoms with Crippen LogP contribution in [0.15, 0.2) is 23.8 Å². The van der Waals surface area contributed by atoms with Crippen LogP contribution < -0.4 is 0 Å². The minimum absolute atomic E-state index is 0.00535. The molecule has 0 spiro atoms. The van der Waals surface area contributed by atoms with Gasteiger partial charge in [0.2, 0.25) is 5.78 Å². The van der Waals surface area contributed by atoms with E-state index in [0.29, 0.717) is 19.3 Å². The van der Waals surface area contributed by atoms with E-state index in [2.05, 4.69) is 13.8 Å². The van der Waals surface area contributed by atoms with Crippen LogP contribution in [0.25, 0.3) is 0 Å². The van der Waals surface area contributed by atoms with Gasteiger partial charge in [-0.25, -0.2) is 0 Å². The number of ether oxygens (including phenoxy) is 2. The number of fused-ring (bicyclic) bond motifs is 5. The lowest BCUT2D eigenvalue weighted by molar-refractivity contribution is -0.182. The Morgan fingerprint density at radius 2 is 1.86 bits per heavy atom. The predicted molar refractivity (Wildman–Crippen MR) is 131 cm³/mol. The summed E-state index contributed by atoms with van der Waals surface area (Å²) in [4.78, 5) is 36.1. The smallest absolute Gasteiger partial charge is 0.303 e. The third kappa shape index (κ3) is 4.67. The highest BCUT2D eigenvalue weighted by molar-refractivity contribution is 6.01. The topological polar surface area (TPSA) is 110 Å². The van der Waals surface area contributed by atoms with Crippen LogP contribution in [0, 0.1) is 34.5 Å². The number of rotatable bonds is 5. The number of hydrogen-bond acceptors (Lipinski definition) is 7.